The minimum Gasteiger partial charge on any atom is -0.436 e. The van der Waals surface area contributed by atoms with E-state index < -0.39 is 11.6 Å². The van der Waals surface area contributed by atoms with E-state index in [0.29, 0.717) is 11.1 Å². The van der Waals surface area contributed by atoms with Gasteiger partial charge in [-0.25, -0.2) is 4.79 Å². The number of rotatable bonds is 2. The number of ether oxygens (including phenoxy) is 1. The predicted octanol–water partition coefficient (Wildman–Crippen LogP) is 0.625. The first-order chi connectivity index (χ1) is 7.50. The highest BCUT2D eigenvalue weighted by Crippen LogP contribution is 2.37. The van der Waals surface area contributed by atoms with E-state index in [1.54, 1.807) is 24.3 Å². The minimum absolute atomic E-state index is 0.0571. The average molecular weight is 252 g/mol. The molecule has 1 aliphatic heterocycles. The molecule has 0 amide bonds. The summed E-state index contributed by atoms with van der Waals surface area (Å²) in [4.78, 5) is 11.5. The number of cyclic esters (lactones) is 1. The van der Waals surface area contributed by atoms with Gasteiger partial charge in [-0.2, -0.15) is 0 Å². The van der Waals surface area contributed by atoms with Gasteiger partial charge in [0.15, 0.2) is 0 Å². The Balaban J connectivity index is 2.74. The van der Waals surface area contributed by atoms with Crippen LogP contribution in [0.15, 0.2) is 24.3 Å². The van der Waals surface area contributed by atoms with E-state index in [2.05, 4.69) is 0 Å². The Morgan fingerprint density at radius 3 is 2.31 bits per heavy atom. The van der Waals surface area contributed by atoms with Gasteiger partial charge in [0.2, 0.25) is 5.60 Å². The fraction of sp³-hybridized carbons (Fsp3) is 0.100. The number of nitrogens with two attached hydrogens (primary N) is 2. The van der Waals surface area contributed by atoms with Gasteiger partial charge in [-0.3, -0.25) is 0 Å². The van der Waals surface area contributed by atoms with Crippen LogP contribution >= 0.6 is 24.4 Å². The maximum atomic E-state index is 11.6. The highest BCUT2D eigenvalue weighted by Gasteiger charge is 2.50. The number of hydrogen-bond donors (Lipinski definition) is 2. The van der Waals surface area contributed by atoms with Gasteiger partial charge in [-0.1, -0.05) is 42.6 Å². The topological polar surface area (TPSA) is 78.3 Å². The Morgan fingerprint density at radius 1 is 1.19 bits per heavy atom. The third-order valence-electron chi connectivity index (χ3n) is 2.47. The number of thiocarbonyl (C=S) groups is 2. The van der Waals surface area contributed by atoms with Crippen LogP contribution in [-0.4, -0.2) is 15.9 Å². The van der Waals surface area contributed by atoms with E-state index in [9.17, 15) is 4.79 Å². The van der Waals surface area contributed by atoms with Crippen molar-refractivity contribution in [2.75, 3.05) is 0 Å². The summed E-state index contributed by atoms with van der Waals surface area (Å²) in [7, 11) is 0. The number of carbonyl (C=O) groups is 1. The van der Waals surface area contributed by atoms with E-state index in [0.717, 1.165) is 0 Å². The Labute approximate surface area is 103 Å². The summed E-state index contributed by atoms with van der Waals surface area (Å²) < 4.78 is 5.17. The van der Waals surface area contributed by atoms with Crippen LogP contribution in [0.1, 0.15) is 15.9 Å². The quantitative estimate of drug-likeness (QED) is 0.593. The molecular formula is C10H8N2O2S2. The molecule has 0 saturated heterocycles. The zero-order valence-electron chi connectivity index (χ0n) is 8.10. The molecule has 4 N–H and O–H groups in total. The van der Waals surface area contributed by atoms with Crippen LogP contribution in [-0.2, 0) is 10.3 Å². The van der Waals surface area contributed by atoms with Crippen LogP contribution < -0.4 is 11.5 Å². The van der Waals surface area contributed by atoms with Gasteiger partial charge in [-0.15, -0.1) is 0 Å². The average Bonchev–Trinajstić information content (AvgIpc) is 2.54. The zero-order chi connectivity index (χ0) is 11.9. The lowest BCUT2D eigenvalue weighted by Crippen LogP contribution is -2.49. The summed E-state index contributed by atoms with van der Waals surface area (Å²) in [6.07, 6.45) is 0. The van der Waals surface area contributed by atoms with Crippen LogP contribution in [0, 0.1) is 0 Å². The van der Waals surface area contributed by atoms with E-state index in [1.165, 1.54) is 0 Å². The molecule has 0 unspecified atom stereocenters. The fourth-order valence-corrected chi connectivity index (χ4v) is 2.29. The maximum absolute atomic E-state index is 11.6. The monoisotopic (exact) mass is 252 g/mol. The third-order valence-corrected chi connectivity index (χ3v) is 3.04. The second kappa shape index (κ2) is 3.50. The molecule has 0 aliphatic carbocycles. The number of fused-ring (bicyclic) bond motifs is 1. The Kier molecular flexibility index (Phi) is 2.40. The maximum Gasteiger partial charge on any atom is 0.340 e. The van der Waals surface area contributed by atoms with E-state index >= 15 is 0 Å². The van der Waals surface area contributed by atoms with Crippen LogP contribution in [0.25, 0.3) is 0 Å². The van der Waals surface area contributed by atoms with Gasteiger partial charge in [0, 0.05) is 5.56 Å². The van der Waals surface area contributed by atoms with Crippen molar-refractivity contribution in [3.05, 3.63) is 35.4 Å². The molecule has 0 saturated carbocycles. The molecule has 6 heteroatoms. The molecule has 2 rings (SSSR count). The molecule has 0 atom stereocenters. The molecule has 16 heavy (non-hydrogen) atoms. The molecule has 4 nitrogen and oxygen atoms in total. The summed E-state index contributed by atoms with van der Waals surface area (Å²) in [5.41, 5.74) is 10.7. The van der Waals surface area contributed by atoms with Gasteiger partial charge in [-0.05, 0) is 6.07 Å². The van der Waals surface area contributed by atoms with Crippen molar-refractivity contribution in [1.29, 1.82) is 0 Å². The van der Waals surface area contributed by atoms with Crippen molar-refractivity contribution >= 4 is 40.4 Å². The van der Waals surface area contributed by atoms with E-state index in [1.807, 2.05) is 0 Å². The van der Waals surface area contributed by atoms with Crippen LogP contribution in [0.4, 0.5) is 0 Å². The van der Waals surface area contributed by atoms with Gasteiger partial charge < -0.3 is 16.2 Å². The zero-order valence-corrected chi connectivity index (χ0v) is 9.73. The van der Waals surface area contributed by atoms with Crippen molar-refractivity contribution in [2.24, 2.45) is 11.5 Å². The summed E-state index contributed by atoms with van der Waals surface area (Å²) in [6, 6.07) is 6.76. The van der Waals surface area contributed by atoms with E-state index in [4.69, 9.17) is 40.6 Å². The van der Waals surface area contributed by atoms with E-state index in [-0.39, 0.29) is 9.98 Å². The summed E-state index contributed by atoms with van der Waals surface area (Å²) >= 11 is 9.81. The number of hydrogen-bond acceptors (Lipinski definition) is 4. The first-order valence-corrected chi connectivity index (χ1v) is 5.24. The minimum atomic E-state index is -1.43. The highest BCUT2D eigenvalue weighted by atomic mass is 32.1. The van der Waals surface area contributed by atoms with Crippen molar-refractivity contribution in [3.8, 4) is 0 Å². The molecular weight excluding hydrogens is 244 g/mol. The van der Waals surface area contributed by atoms with Gasteiger partial charge in [0.05, 0.1) is 5.56 Å². The second-order valence-corrected chi connectivity index (χ2v) is 4.22. The van der Waals surface area contributed by atoms with Crippen molar-refractivity contribution in [1.82, 2.24) is 0 Å². The lowest BCUT2D eigenvalue weighted by Gasteiger charge is -2.25. The predicted molar refractivity (Wildman–Crippen MR) is 67.1 cm³/mol. The molecule has 1 aliphatic rings. The lowest BCUT2D eigenvalue weighted by atomic mass is 9.92. The van der Waals surface area contributed by atoms with Crippen LogP contribution in [0.5, 0.6) is 0 Å². The SMILES string of the molecule is NC(=S)C1(C(N)=S)OC(=O)c2ccccc21. The van der Waals surface area contributed by atoms with Crippen LogP contribution in [0.2, 0.25) is 0 Å². The first kappa shape index (κ1) is 11.0. The second-order valence-electron chi connectivity index (χ2n) is 3.34. The molecule has 82 valence electrons. The summed E-state index contributed by atoms with van der Waals surface area (Å²) in [5, 5.41) is 0. The smallest absolute Gasteiger partial charge is 0.340 e. The van der Waals surface area contributed by atoms with Gasteiger partial charge in [0.25, 0.3) is 0 Å². The molecule has 1 heterocycles. The molecule has 1 aromatic rings. The number of benzene rings is 1. The van der Waals surface area contributed by atoms with Crippen molar-refractivity contribution < 1.29 is 9.53 Å². The Morgan fingerprint density at radius 2 is 1.75 bits per heavy atom. The molecule has 0 aromatic heterocycles. The third kappa shape index (κ3) is 1.23. The molecule has 0 spiro atoms. The summed E-state index contributed by atoms with van der Waals surface area (Å²) in [6.45, 7) is 0. The Hall–Kier alpha value is -1.53. The molecule has 0 bridgehead atoms. The standard InChI is InChI=1S/C10H8N2O2S2/c11-8(15)10(9(12)16)6-4-2-1-3-5(6)7(13)14-10/h1-4H,(H2,11,15)(H2,12,16). The fourth-order valence-electron chi connectivity index (χ4n) is 1.70. The van der Waals surface area contributed by atoms with Crippen molar-refractivity contribution in [2.45, 2.75) is 5.60 Å². The highest BCUT2D eigenvalue weighted by molar-refractivity contribution is 7.82. The molecule has 0 radical (unpaired) electrons. The number of carbonyl (C=O) groups excluding carboxylic acids is 1. The normalized spacial score (nSPS) is 16.4. The van der Waals surface area contributed by atoms with Gasteiger partial charge >= 0.3 is 5.97 Å². The first-order valence-electron chi connectivity index (χ1n) is 4.43. The number of esters is 1. The molecule has 1 aromatic carbocycles. The lowest BCUT2D eigenvalue weighted by molar-refractivity contribution is 0.0395. The largest absolute Gasteiger partial charge is 0.436 e. The van der Waals surface area contributed by atoms with Crippen molar-refractivity contribution in [3.63, 3.8) is 0 Å². The van der Waals surface area contributed by atoms with Crippen LogP contribution in [0.3, 0.4) is 0 Å². The van der Waals surface area contributed by atoms with Gasteiger partial charge in [0.1, 0.15) is 9.98 Å². The summed E-state index contributed by atoms with van der Waals surface area (Å²) in [5.74, 6) is -0.517. The molecule has 0 fully saturated rings. The Bertz CT molecular complexity index is 499.